The van der Waals surface area contributed by atoms with E-state index in [0.29, 0.717) is 12.2 Å². The number of aromatic nitrogens is 1. The molecule has 2 aromatic rings. The lowest BCUT2D eigenvalue weighted by Gasteiger charge is -2.19. The smallest absolute Gasteiger partial charge is 0.273 e. The molecule has 2 aromatic heterocycles. The van der Waals surface area contributed by atoms with Crippen LogP contribution in [0.1, 0.15) is 30.3 Å². The third-order valence-corrected chi connectivity index (χ3v) is 4.75. The van der Waals surface area contributed by atoms with E-state index in [9.17, 15) is 9.59 Å². The molecule has 7 heteroatoms. The number of thiophene rings is 1. The summed E-state index contributed by atoms with van der Waals surface area (Å²) in [5.41, 5.74) is 5.59. The molecule has 112 valence electrons. The number of nitrogens with zero attached hydrogens (tertiary/aromatic N) is 2. The van der Waals surface area contributed by atoms with E-state index in [1.807, 2.05) is 24.4 Å². The third kappa shape index (κ3) is 4.12. The summed E-state index contributed by atoms with van der Waals surface area (Å²) in [5.74, 6) is -0.741. The van der Waals surface area contributed by atoms with E-state index in [-0.39, 0.29) is 12.5 Å². The number of hydrogen-bond donors (Lipinski definition) is 1. The Bertz CT molecular complexity index is 608. The van der Waals surface area contributed by atoms with Gasteiger partial charge in [-0.05, 0) is 17.9 Å². The quantitative estimate of drug-likeness (QED) is 0.851. The lowest BCUT2D eigenvalue weighted by atomic mass is 10.3. The number of primary amides is 1. The van der Waals surface area contributed by atoms with Gasteiger partial charge in [0.2, 0.25) is 5.91 Å². The lowest BCUT2D eigenvalue weighted by molar-refractivity contribution is -0.118. The summed E-state index contributed by atoms with van der Waals surface area (Å²) in [6.07, 6.45) is 1.78. The van der Waals surface area contributed by atoms with Gasteiger partial charge in [0.05, 0.1) is 11.4 Å². The summed E-state index contributed by atoms with van der Waals surface area (Å²) in [6, 6.07) is 3.92. The molecule has 2 amide bonds. The van der Waals surface area contributed by atoms with Crippen molar-refractivity contribution in [3.8, 4) is 9.88 Å². The van der Waals surface area contributed by atoms with Gasteiger partial charge in [0.1, 0.15) is 10.7 Å². The second-order valence-corrected chi connectivity index (χ2v) is 6.37. The van der Waals surface area contributed by atoms with Gasteiger partial charge in [-0.3, -0.25) is 9.59 Å². The van der Waals surface area contributed by atoms with Crippen molar-refractivity contribution in [1.29, 1.82) is 0 Å². The van der Waals surface area contributed by atoms with E-state index in [2.05, 4.69) is 4.98 Å². The first kappa shape index (κ1) is 15.7. The van der Waals surface area contributed by atoms with E-state index < -0.39 is 5.91 Å². The molecule has 0 atom stereocenters. The van der Waals surface area contributed by atoms with Crippen LogP contribution < -0.4 is 5.73 Å². The molecule has 0 aliphatic carbocycles. The van der Waals surface area contributed by atoms with Crippen molar-refractivity contribution in [3.05, 3.63) is 28.6 Å². The average Bonchev–Trinajstić information content (AvgIpc) is 3.11. The number of carbonyl (C=O) groups excluding carboxylic acids is 2. The minimum Gasteiger partial charge on any atom is -0.368 e. The van der Waals surface area contributed by atoms with Crippen LogP contribution in [0.15, 0.2) is 22.9 Å². The fraction of sp³-hybridized carbons (Fsp3) is 0.357. The normalized spacial score (nSPS) is 10.5. The van der Waals surface area contributed by atoms with Gasteiger partial charge in [0.15, 0.2) is 0 Å². The average molecular weight is 323 g/mol. The molecule has 0 saturated heterocycles. The Morgan fingerprint density at radius 3 is 2.81 bits per heavy atom. The number of thiazole rings is 1. The molecule has 0 aliphatic rings. The SMILES string of the molecule is CCCCN(CC(N)=O)C(=O)c1csc(-c2cccs2)n1. The minimum absolute atomic E-state index is 0.0648. The number of carbonyl (C=O) groups is 2. The molecule has 0 aliphatic heterocycles. The molecule has 2 N–H and O–H groups in total. The summed E-state index contributed by atoms with van der Waals surface area (Å²) in [7, 11) is 0. The Morgan fingerprint density at radius 2 is 2.19 bits per heavy atom. The maximum absolute atomic E-state index is 12.4. The van der Waals surface area contributed by atoms with Gasteiger partial charge in [-0.25, -0.2) is 4.98 Å². The van der Waals surface area contributed by atoms with E-state index in [4.69, 9.17) is 5.73 Å². The van der Waals surface area contributed by atoms with Crippen LogP contribution in [0.25, 0.3) is 9.88 Å². The van der Waals surface area contributed by atoms with Gasteiger partial charge in [-0.1, -0.05) is 19.4 Å². The lowest BCUT2D eigenvalue weighted by Crippen LogP contribution is -2.39. The van der Waals surface area contributed by atoms with E-state index >= 15 is 0 Å². The highest BCUT2D eigenvalue weighted by atomic mass is 32.1. The van der Waals surface area contributed by atoms with Gasteiger partial charge in [-0.2, -0.15) is 0 Å². The van der Waals surface area contributed by atoms with Crippen molar-refractivity contribution >= 4 is 34.5 Å². The van der Waals surface area contributed by atoms with Crippen molar-refractivity contribution in [2.75, 3.05) is 13.1 Å². The van der Waals surface area contributed by atoms with Crippen LogP contribution in [0.3, 0.4) is 0 Å². The van der Waals surface area contributed by atoms with Gasteiger partial charge in [-0.15, -0.1) is 22.7 Å². The topological polar surface area (TPSA) is 76.3 Å². The Morgan fingerprint density at radius 1 is 1.38 bits per heavy atom. The van der Waals surface area contributed by atoms with Gasteiger partial charge >= 0.3 is 0 Å². The molecular formula is C14H17N3O2S2. The van der Waals surface area contributed by atoms with E-state index in [1.54, 1.807) is 16.7 Å². The maximum Gasteiger partial charge on any atom is 0.273 e. The van der Waals surface area contributed by atoms with Crippen LogP contribution in [0.4, 0.5) is 0 Å². The standard InChI is InChI=1S/C14H17N3O2S2/c1-2-3-6-17(8-12(15)18)14(19)10-9-21-13(16-10)11-5-4-7-20-11/h4-5,7,9H,2-3,6,8H2,1H3,(H2,15,18). The molecular weight excluding hydrogens is 306 g/mol. The maximum atomic E-state index is 12.4. The predicted octanol–water partition coefficient (Wildman–Crippen LogP) is 2.60. The van der Waals surface area contributed by atoms with Gasteiger partial charge < -0.3 is 10.6 Å². The first-order valence-corrected chi connectivity index (χ1v) is 8.44. The largest absolute Gasteiger partial charge is 0.368 e. The van der Waals surface area contributed by atoms with Crippen molar-refractivity contribution in [2.45, 2.75) is 19.8 Å². The van der Waals surface area contributed by atoms with Gasteiger partial charge in [0.25, 0.3) is 5.91 Å². The van der Waals surface area contributed by atoms with Crippen molar-refractivity contribution in [3.63, 3.8) is 0 Å². The second-order valence-electron chi connectivity index (χ2n) is 4.56. The minimum atomic E-state index is -0.506. The van der Waals surface area contributed by atoms with Crippen LogP contribution in [0.5, 0.6) is 0 Å². The molecule has 0 aromatic carbocycles. The molecule has 0 spiro atoms. The fourth-order valence-corrected chi connectivity index (χ4v) is 3.44. The molecule has 2 rings (SSSR count). The Balaban J connectivity index is 2.14. The zero-order valence-corrected chi connectivity index (χ0v) is 13.4. The summed E-state index contributed by atoms with van der Waals surface area (Å²) < 4.78 is 0. The molecule has 21 heavy (non-hydrogen) atoms. The summed E-state index contributed by atoms with van der Waals surface area (Å²) in [6.45, 7) is 2.49. The predicted molar refractivity (Wildman–Crippen MR) is 85.4 cm³/mol. The summed E-state index contributed by atoms with van der Waals surface area (Å²) in [5, 5.41) is 4.53. The van der Waals surface area contributed by atoms with Crippen molar-refractivity contribution < 1.29 is 9.59 Å². The van der Waals surface area contributed by atoms with Crippen molar-refractivity contribution in [2.24, 2.45) is 5.73 Å². The number of amides is 2. The highest BCUT2D eigenvalue weighted by Crippen LogP contribution is 2.28. The van der Waals surface area contributed by atoms with Crippen LogP contribution in [-0.4, -0.2) is 34.8 Å². The van der Waals surface area contributed by atoms with Crippen LogP contribution in [0.2, 0.25) is 0 Å². The summed E-state index contributed by atoms with van der Waals surface area (Å²) >= 11 is 3.01. The Labute approximate surface area is 131 Å². The zero-order valence-electron chi connectivity index (χ0n) is 11.7. The van der Waals surface area contributed by atoms with E-state index in [1.165, 1.54) is 16.2 Å². The first-order chi connectivity index (χ1) is 10.1. The van der Waals surface area contributed by atoms with Crippen LogP contribution in [-0.2, 0) is 4.79 Å². The Hall–Kier alpha value is -1.73. The number of nitrogens with two attached hydrogens (primary N) is 1. The van der Waals surface area contributed by atoms with Crippen LogP contribution in [0, 0.1) is 0 Å². The number of rotatable bonds is 7. The monoisotopic (exact) mass is 323 g/mol. The molecule has 0 unspecified atom stereocenters. The molecule has 0 fully saturated rings. The summed E-state index contributed by atoms with van der Waals surface area (Å²) in [4.78, 5) is 30.4. The van der Waals surface area contributed by atoms with E-state index in [0.717, 1.165) is 22.7 Å². The molecule has 0 radical (unpaired) electrons. The number of hydrogen-bond acceptors (Lipinski definition) is 5. The fourth-order valence-electron chi connectivity index (χ4n) is 1.84. The Kier molecular flexibility index (Phi) is 5.46. The highest BCUT2D eigenvalue weighted by Gasteiger charge is 2.20. The highest BCUT2D eigenvalue weighted by molar-refractivity contribution is 7.20. The van der Waals surface area contributed by atoms with Crippen LogP contribution >= 0.6 is 22.7 Å². The van der Waals surface area contributed by atoms with Crippen molar-refractivity contribution in [1.82, 2.24) is 9.88 Å². The second kappa shape index (κ2) is 7.33. The molecule has 5 nitrogen and oxygen atoms in total. The first-order valence-electron chi connectivity index (χ1n) is 6.68. The van der Waals surface area contributed by atoms with Gasteiger partial charge in [0, 0.05) is 11.9 Å². The molecule has 0 saturated carbocycles. The third-order valence-electron chi connectivity index (χ3n) is 2.87. The molecule has 2 heterocycles. The molecule has 0 bridgehead atoms. The number of unbranched alkanes of at least 4 members (excludes halogenated alkanes) is 1. The zero-order chi connectivity index (χ0) is 15.2.